The number of methoxy groups -OCH3 is 4. The van der Waals surface area contributed by atoms with Gasteiger partial charge in [0.05, 0.1) is 45.4 Å². The van der Waals surface area contributed by atoms with Crippen molar-refractivity contribution >= 4 is 45.4 Å². The number of nitrogens with one attached hydrogen (secondary N) is 1. The fraction of sp³-hybridized carbons (Fsp3) is 0.304. The molecule has 0 fully saturated rings. The van der Waals surface area contributed by atoms with Gasteiger partial charge in [0, 0.05) is 24.0 Å². The molecule has 184 valence electrons. The molecule has 1 N–H and O–H groups in total. The maximum atomic E-state index is 12.8. The van der Waals surface area contributed by atoms with Gasteiger partial charge < -0.3 is 29.1 Å². The number of carbonyl (C=O) groups is 2. The van der Waals surface area contributed by atoms with E-state index in [4.69, 9.17) is 30.5 Å². The second-order valence-corrected chi connectivity index (χ2v) is 9.36. The summed E-state index contributed by atoms with van der Waals surface area (Å²) in [4.78, 5) is 22.8. The minimum Gasteiger partial charge on any atom is -0.496 e. The van der Waals surface area contributed by atoms with Gasteiger partial charge in [-0.1, -0.05) is 6.07 Å². The van der Waals surface area contributed by atoms with Crippen LogP contribution in [0, 0.1) is 0 Å². The quantitative estimate of drug-likeness (QED) is 0.340. The first-order chi connectivity index (χ1) is 16.2. The third-order valence-electron chi connectivity index (χ3n) is 4.67. The molecule has 0 spiro atoms. The lowest BCUT2D eigenvalue weighted by molar-refractivity contribution is -0.117. The maximum Gasteiger partial charge on any atom is 0.242 e. The normalized spacial score (nSPS) is 12.1. The first-order valence-corrected chi connectivity index (χ1v) is 12.1. The van der Waals surface area contributed by atoms with E-state index in [9.17, 15) is 18.0 Å². The molecular weight excluding hydrogens is 486 g/mol. The fourth-order valence-electron chi connectivity index (χ4n) is 2.99. The van der Waals surface area contributed by atoms with Gasteiger partial charge in [0.2, 0.25) is 5.91 Å². The molecular formula is C23H26ClNO8S. The Labute approximate surface area is 203 Å². The molecule has 2 aromatic carbocycles. The maximum absolute atomic E-state index is 12.8. The van der Waals surface area contributed by atoms with Gasteiger partial charge in [0.25, 0.3) is 0 Å². The highest BCUT2D eigenvalue weighted by Crippen LogP contribution is 2.35. The van der Waals surface area contributed by atoms with Crippen LogP contribution >= 0.6 is 11.6 Å². The molecule has 1 amide bonds. The zero-order chi connectivity index (χ0) is 25.3. The number of carbonyl (C=O) groups excluding carboxylic acids is 2. The largest absolute Gasteiger partial charge is 0.496 e. The molecule has 0 radical (unpaired) electrons. The van der Waals surface area contributed by atoms with E-state index in [1.54, 1.807) is 18.2 Å². The number of benzene rings is 2. The van der Waals surface area contributed by atoms with Crippen molar-refractivity contribution in [3.05, 3.63) is 46.9 Å². The van der Waals surface area contributed by atoms with E-state index in [1.165, 1.54) is 46.6 Å². The molecule has 11 heteroatoms. The van der Waals surface area contributed by atoms with Crippen molar-refractivity contribution in [1.82, 2.24) is 0 Å². The average Bonchev–Trinajstić information content (AvgIpc) is 2.82. The molecule has 0 bridgehead atoms. The number of hydrogen-bond acceptors (Lipinski definition) is 8. The van der Waals surface area contributed by atoms with Gasteiger partial charge in [0.15, 0.2) is 9.84 Å². The molecule has 0 saturated carbocycles. The van der Waals surface area contributed by atoms with Crippen molar-refractivity contribution in [3.8, 4) is 23.0 Å². The van der Waals surface area contributed by atoms with Gasteiger partial charge in [0.1, 0.15) is 34.7 Å². The standard InChI is InChI=1S/C23H26ClNO8S/c1-30-16-12-21(32-3)17(22(13-16)33-4)8-10-34(28,29)14-15-5-6-20(31-2)19(11-15)25-23(27)18(24)7-9-26/h5-6,8-13,18H,7,14H2,1-4H3,(H,25,27)/b10-8+. The van der Waals surface area contributed by atoms with E-state index in [0.29, 0.717) is 40.4 Å². The highest BCUT2D eigenvalue weighted by Gasteiger charge is 2.18. The summed E-state index contributed by atoms with van der Waals surface area (Å²) in [5.41, 5.74) is 1.07. The summed E-state index contributed by atoms with van der Waals surface area (Å²) in [5.74, 6) is 0.605. The lowest BCUT2D eigenvalue weighted by Gasteiger charge is -2.14. The van der Waals surface area contributed by atoms with E-state index in [1.807, 2.05) is 0 Å². The monoisotopic (exact) mass is 511 g/mol. The van der Waals surface area contributed by atoms with Gasteiger partial charge in [-0.3, -0.25) is 4.79 Å². The van der Waals surface area contributed by atoms with Crippen molar-refractivity contribution in [2.45, 2.75) is 17.6 Å². The van der Waals surface area contributed by atoms with E-state index in [-0.39, 0.29) is 17.9 Å². The summed E-state index contributed by atoms with van der Waals surface area (Å²) < 4.78 is 46.7. The third-order valence-corrected chi connectivity index (χ3v) is 6.34. The van der Waals surface area contributed by atoms with Gasteiger partial charge in [-0.05, 0) is 23.8 Å². The number of amides is 1. The predicted molar refractivity (Wildman–Crippen MR) is 130 cm³/mol. The van der Waals surface area contributed by atoms with Crippen LogP contribution in [-0.2, 0) is 25.2 Å². The van der Waals surface area contributed by atoms with Crippen LogP contribution in [0.25, 0.3) is 6.08 Å². The average molecular weight is 512 g/mol. The first kappa shape index (κ1) is 27.0. The zero-order valence-corrected chi connectivity index (χ0v) is 20.7. The SMILES string of the molecule is COc1cc(OC)c(/C=C/S(=O)(=O)Cc2ccc(OC)c(NC(=O)C(Cl)CC=O)c2)c(OC)c1. The number of alkyl halides is 1. The summed E-state index contributed by atoms with van der Waals surface area (Å²) in [6.07, 6.45) is 1.76. The Morgan fingerprint density at radius 2 is 1.62 bits per heavy atom. The van der Waals surface area contributed by atoms with Crippen LogP contribution in [0.1, 0.15) is 17.5 Å². The number of anilines is 1. The fourth-order valence-corrected chi connectivity index (χ4v) is 4.21. The molecule has 2 rings (SSSR count). The van der Waals surface area contributed by atoms with Crippen LogP contribution in [0.2, 0.25) is 0 Å². The smallest absolute Gasteiger partial charge is 0.242 e. The van der Waals surface area contributed by atoms with Crippen LogP contribution in [0.15, 0.2) is 35.7 Å². The molecule has 1 atom stereocenters. The predicted octanol–water partition coefficient (Wildman–Crippen LogP) is 3.44. The zero-order valence-electron chi connectivity index (χ0n) is 19.2. The van der Waals surface area contributed by atoms with Gasteiger partial charge in [-0.15, -0.1) is 11.6 Å². The van der Waals surface area contributed by atoms with Crippen molar-refractivity contribution in [1.29, 1.82) is 0 Å². The Morgan fingerprint density at radius 1 is 1.00 bits per heavy atom. The molecule has 0 aliphatic carbocycles. The van der Waals surface area contributed by atoms with Crippen molar-refractivity contribution in [3.63, 3.8) is 0 Å². The second kappa shape index (κ2) is 12.3. The molecule has 1 unspecified atom stereocenters. The number of sulfone groups is 1. The number of ether oxygens (including phenoxy) is 4. The molecule has 34 heavy (non-hydrogen) atoms. The Morgan fingerprint density at radius 3 is 2.15 bits per heavy atom. The van der Waals surface area contributed by atoms with Crippen molar-refractivity contribution in [2.24, 2.45) is 0 Å². The Balaban J connectivity index is 2.31. The molecule has 2 aromatic rings. The Bertz CT molecular complexity index is 1140. The van der Waals surface area contributed by atoms with Crippen molar-refractivity contribution in [2.75, 3.05) is 33.8 Å². The highest BCUT2D eigenvalue weighted by atomic mass is 35.5. The van der Waals surface area contributed by atoms with Crippen LogP contribution in [0.4, 0.5) is 5.69 Å². The van der Waals surface area contributed by atoms with E-state index in [0.717, 1.165) is 5.41 Å². The van der Waals surface area contributed by atoms with Gasteiger partial charge in [-0.2, -0.15) is 0 Å². The minimum atomic E-state index is -3.74. The summed E-state index contributed by atoms with van der Waals surface area (Å²) in [6, 6.07) is 7.80. The Kier molecular flexibility index (Phi) is 9.76. The van der Waals surface area contributed by atoms with Gasteiger partial charge >= 0.3 is 0 Å². The van der Waals surface area contributed by atoms with Crippen LogP contribution < -0.4 is 24.3 Å². The highest BCUT2D eigenvalue weighted by molar-refractivity contribution is 7.93. The van der Waals surface area contributed by atoms with Crippen molar-refractivity contribution < 1.29 is 37.0 Å². The summed E-state index contributed by atoms with van der Waals surface area (Å²) in [5, 5.41) is 2.55. The number of rotatable bonds is 12. The summed E-state index contributed by atoms with van der Waals surface area (Å²) in [7, 11) is 2.07. The number of hydrogen-bond donors (Lipinski definition) is 1. The molecule has 0 aliphatic heterocycles. The molecule has 0 aromatic heterocycles. The molecule has 0 heterocycles. The van der Waals surface area contributed by atoms with E-state index in [2.05, 4.69) is 5.32 Å². The summed E-state index contributed by atoms with van der Waals surface area (Å²) in [6.45, 7) is 0. The van der Waals surface area contributed by atoms with E-state index < -0.39 is 21.1 Å². The second-order valence-electron chi connectivity index (χ2n) is 6.95. The topological polar surface area (TPSA) is 117 Å². The third kappa shape index (κ3) is 7.13. The minimum absolute atomic E-state index is 0.160. The molecule has 0 saturated heterocycles. The van der Waals surface area contributed by atoms with Crippen LogP contribution in [0.5, 0.6) is 23.0 Å². The summed E-state index contributed by atoms with van der Waals surface area (Å²) >= 11 is 5.87. The molecule has 0 aliphatic rings. The van der Waals surface area contributed by atoms with Gasteiger partial charge in [-0.25, -0.2) is 8.42 Å². The number of aldehydes is 1. The van der Waals surface area contributed by atoms with Crippen LogP contribution in [-0.4, -0.2) is 54.4 Å². The van der Waals surface area contributed by atoms with E-state index >= 15 is 0 Å². The first-order valence-electron chi connectivity index (χ1n) is 9.94. The Hall–Kier alpha value is -3.24. The van der Waals surface area contributed by atoms with Crippen LogP contribution in [0.3, 0.4) is 0 Å². The molecule has 9 nitrogen and oxygen atoms in total. The number of halogens is 1. The lowest BCUT2D eigenvalue weighted by Crippen LogP contribution is -2.23. The lowest BCUT2D eigenvalue weighted by atomic mass is 10.1.